The van der Waals surface area contributed by atoms with Gasteiger partial charge in [0, 0.05) is 22.0 Å². The highest BCUT2D eigenvalue weighted by Gasteiger charge is 2.40. The maximum absolute atomic E-state index is 6.34. The van der Waals surface area contributed by atoms with Crippen molar-refractivity contribution in [2.45, 2.75) is 18.7 Å². The summed E-state index contributed by atoms with van der Waals surface area (Å²) in [6, 6.07) is 21.0. The molecular formula is C20H15BrN2OS. The number of hydrogen-bond acceptors (Lipinski definition) is 4. The van der Waals surface area contributed by atoms with Gasteiger partial charge in [-0.3, -0.25) is 0 Å². The number of benzene rings is 2. The number of ether oxygens (including phenoxy) is 1. The topological polar surface area (TPSA) is 24.8 Å². The number of nitrogens with zero attached hydrogens (tertiary/aromatic N) is 2. The number of hydrazone groups is 1. The molecule has 25 heavy (non-hydrogen) atoms. The molecule has 0 amide bonds. The van der Waals surface area contributed by atoms with Crippen LogP contribution in [0.15, 0.2) is 75.6 Å². The molecule has 3 nitrogen and oxygen atoms in total. The molecule has 0 bridgehead atoms. The molecule has 2 aromatic carbocycles. The van der Waals surface area contributed by atoms with Gasteiger partial charge in [-0.05, 0) is 29.6 Å². The number of hydrogen-bond donors (Lipinski definition) is 0. The zero-order valence-electron chi connectivity index (χ0n) is 13.3. The Morgan fingerprint density at radius 2 is 1.88 bits per heavy atom. The van der Waals surface area contributed by atoms with Gasteiger partial charge in [-0.15, -0.1) is 11.3 Å². The lowest BCUT2D eigenvalue weighted by molar-refractivity contribution is -0.0190. The molecule has 124 valence electrons. The molecule has 5 rings (SSSR count). The van der Waals surface area contributed by atoms with Gasteiger partial charge in [0.05, 0.1) is 16.6 Å². The predicted molar refractivity (Wildman–Crippen MR) is 104 cm³/mol. The minimum atomic E-state index is -0.203. The average Bonchev–Trinajstić information content (AvgIpc) is 3.31. The zero-order chi connectivity index (χ0) is 16.8. The van der Waals surface area contributed by atoms with Crippen LogP contribution in [0.2, 0.25) is 0 Å². The van der Waals surface area contributed by atoms with Crippen LogP contribution in [0.1, 0.15) is 34.7 Å². The van der Waals surface area contributed by atoms with Crippen LogP contribution in [0.4, 0.5) is 0 Å². The molecule has 1 aromatic heterocycles. The van der Waals surface area contributed by atoms with Crippen molar-refractivity contribution in [3.05, 3.63) is 86.5 Å². The summed E-state index contributed by atoms with van der Waals surface area (Å²) in [5.41, 5.74) is 3.47. The Kier molecular flexibility index (Phi) is 3.64. The highest BCUT2D eigenvalue weighted by molar-refractivity contribution is 9.10. The molecule has 2 aliphatic heterocycles. The summed E-state index contributed by atoms with van der Waals surface area (Å²) in [5.74, 6) is 0.958. The molecule has 0 saturated heterocycles. The number of fused-ring (bicyclic) bond motifs is 3. The highest BCUT2D eigenvalue weighted by Crippen LogP contribution is 2.47. The molecule has 3 aromatic rings. The van der Waals surface area contributed by atoms with Crippen molar-refractivity contribution in [3.8, 4) is 5.75 Å². The molecule has 2 aliphatic rings. The van der Waals surface area contributed by atoms with E-state index in [9.17, 15) is 0 Å². The van der Waals surface area contributed by atoms with Crippen LogP contribution in [-0.4, -0.2) is 10.7 Å². The Labute approximate surface area is 158 Å². The second kappa shape index (κ2) is 6.00. The van der Waals surface area contributed by atoms with Crippen molar-refractivity contribution < 1.29 is 4.74 Å². The molecular weight excluding hydrogens is 396 g/mol. The Bertz CT molecular complexity index is 937. The fraction of sp³-hybridized carbons (Fsp3) is 0.150. The monoisotopic (exact) mass is 410 g/mol. The highest BCUT2D eigenvalue weighted by atomic mass is 79.9. The van der Waals surface area contributed by atoms with Crippen molar-refractivity contribution >= 4 is 33.0 Å². The van der Waals surface area contributed by atoms with Crippen LogP contribution in [0, 0.1) is 0 Å². The summed E-state index contributed by atoms with van der Waals surface area (Å²) in [5, 5.41) is 9.18. The van der Waals surface area contributed by atoms with Crippen LogP contribution in [-0.2, 0) is 0 Å². The van der Waals surface area contributed by atoms with E-state index >= 15 is 0 Å². The van der Waals surface area contributed by atoms with Gasteiger partial charge in [-0.25, -0.2) is 5.01 Å². The van der Waals surface area contributed by atoms with Crippen molar-refractivity contribution in [1.29, 1.82) is 0 Å². The Balaban J connectivity index is 1.60. The van der Waals surface area contributed by atoms with Gasteiger partial charge in [0.15, 0.2) is 0 Å². The van der Waals surface area contributed by atoms with Crippen LogP contribution in [0.3, 0.4) is 0 Å². The maximum atomic E-state index is 6.34. The fourth-order valence-electron chi connectivity index (χ4n) is 3.47. The molecule has 0 aliphatic carbocycles. The van der Waals surface area contributed by atoms with Gasteiger partial charge in [0.2, 0.25) is 6.23 Å². The molecule has 0 unspecified atom stereocenters. The van der Waals surface area contributed by atoms with E-state index in [2.05, 4.69) is 68.8 Å². The summed E-state index contributed by atoms with van der Waals surface area (Å²) in [6.07, 6.45) is 0.707. The van der Waals surface area contributed by atoms with Gasteiger partial charge in [0.1, 0.15) is 5.75 Å². The minimum Gasteiger partial charge on any atom is -0.464 e. The first-order chi connectivity index (χ1) is 12.3. The maximum Gasteiger partial charge on any atom is 0.213 e. The van der Waals surface area contributed by atoms with Crippen LogP contribution in [0.25, 0.3) is 0 Å². The van der Waals surface area contributed by atoms with Crippen LogP contribution in [0.5, 0.6) is 5.75 Å². The Morgan fingerprint density at radius 1 is 1.04 bits per heavy atom. The molecule has 0 spiro atoms. The Hall–Kier alpha value is -2.11. The first-order valence-electron chi connectivity index (χ1n) is 8.20. The lowest BCUT2D eigenvalue weighted by Gasteiger charge is -2.38. The van der Waals surface area contributed by atoms with Crippen molar-refractivity contribution in [3.63, 3.8) is 0 Å². The first kappa shape index (κ1) is 15.2. The van der Waals surface area contributed by atoms with Gasteiger partial charge in [-0.1, -0.05) is 52.3 Å². The minimum absolute atomic E-state index is 0.203. The standard InChI is InChI=1S/C20H15BrN2OS/c21-14-9-7-13(8-10-14)20-23-17(15-4-1-2-5-18(15)24-20)12-16(22-23)19-6-3-11-25-19/h1-11,17,20H,12H2/t17-,20+/m0/s1. The van der Waals surface area contributed by atoms with Gasteiger partial charge < -0.3 is 4.74 Å². The number of thiophene rings is 1. The average molecular weight is 411 g/mol. The smallest absolute Gasteiger partial charge is 0.213 e. The lowest BCUT2D eigenvalue weighted by Crippen LogP contribution is -2.33. The number of rotatable bonds is 2. The zero-order valence-corrected chi connectivity index (χ0v) is 15.7. The fourth-order valence-corrected chi connectivity index (χ4v) is 4.46. The van der Waals surface area contributed by atoms with E-state index < -0.39 is 0 Å². The van der Waals surface area contributed by atoms with E-state index in [1.165, 1.54) is 10.4 Å². The third-order valence-electron chi connectivity index (χ3n) is 4.66. The van der Waals surface area contributed by atoms with E-state index in [4.69, 9.17) is 9.84 Å². The van der Waals surface area contributed by atoms with Crippen LogP contribution < -0.4 is 4.74 Å². The van der Waals surface area contributed by atoms with E-state index in [1.807, 2.05) is 18.2 Å². The van der Waals surface area contributed by atoms with Crippen LogP contribution >= 0.6 is 27.3 Å². The predicted octanol–water partition coefficient (Wildman–Crippen LogP) is 5.75. The molecule has 5 heteroatoms. The van der Waals surface area contributed by atoms with Gasteiger partial charge in [0.25, 0.3) is 0 Å². The summed E-state index contributed by atoms with van der Waals surface area (Å²) in [4.78, 5) is 1.24. The van der Waals surface area contributed by atoms with E-state index in [-0.39, 0.29) is 12.3 Å². The summed E-state index contributed by atoms with van der Waals surface area (Å²) >= 11 is 5.25. The third kappa shape index (κ3) is 2.58. The van der Waals surface area contributed by atoms with Crippen molar-refractivity contribution in [1.82, 2.24) is 5.01 Å². The molecule has 0 fully saturated rings. The summed E-state index contributed by atoms with van der Waals surface area (Å²) in [7, 11) is 0. The van der Waals surface area contributed by atoms with Crippen molar-refractivity contribution in [2.75, 3.05) is 0 Å². The normalized spacial score (nSPS) is 21.3. The largest absolute Gasteiger partial charge is 0.464 e. The Morgan fingerprint density at radius 3 is 2.68 bits per heavy atom. The van der Waals surface area contributed by atoms with Gasteiger partial charge in [-0.2, -0.15) is 5.10 Å². The summed E-state index contributed by atoms with van der Waals surface area (Å²) in [6.45, 7) is 0. The van der Waals surface area contributed by atoms with Gasteiger partial charge >= 0.3 is 0 Å². The van der Waals surface area contributed by atoms with E-state index in [0.29, 0.717) is 0 Å². The molecule has 0 N–H and O–H groups in total. The molecule has 0 saturated carbocycles. The number of halogens is 1. The first-order valence-corrected chi connectivity index (χ1v) is 9.87. The third-order valence-corrected chi connectivity index (χ3v) is 6.11. The molecule has 3 heterocycles. The number of para-hydroxylation sites is 1. The van der Waals surface area contributed by atoms with E-state index in [0.717, 1.165) is 27.9 Å². The van der Waals surface area contributed by atoms with Crippen molar-refractivity contribution in [2.24, 2.45) is 5.10 Å². The lowest BCUT2D eigenvalue weighted by atomic mass is 9.98. The second-order valence-corrected chi connectivity index (χ2v) is 8.05. The second-order valence-electron chi connectivity index (χ2n) is 6.18. The molecule has 2 atom stereocenters. The summed E-state index contributed by atoms with van der Waals surface area (Å²) < 4.78 is 7.41. The molecule has 0 radical (unpaired) electrons. The SMILES string of the molecule is Brc1ccc([C@H]2Oc3ccccc3[C@@H]3CC(c4cccs4)=NN23)cc1. The van der Waals surface area contributed by atoms with E-state index in [1.54, 1.807) is 11.3 Å². The quantitative estimate of drug-likeness (QED) is 0.536.